The highest BCUT2D eigenvalue weighted by molar-refractivity contribution is 5.26. The Labute approximate surface area is 90.5 Å². The third-order valence-corrected chi connectivity index (χ3v) is 2.00. The Balaban J connectivity index is 2.16. The Kier molecular flexibility index (Phi) is 5.65. The molecule has 0 bridgehead atoms. The van der Waals surface area contributed by atoms with E-state index in [-0.39, 0.29) is 0 Å². The second-order valence-corrected chi connectivity index (χ2v) is 3.21. The molecule has 0 saturated heterocycles. The molecule has 0 atom stereocenters. The van der Waals surface area contributed by atoms with Gasteiger partial charge in [0.1, 0.15) is 0 Å². The van der Waals surface area contributed by atoms with E-state index in [1.54, 1.807) is 19.5 Å². The van der Waals surface area contributed by atoms with Crippen LogP contribution in [0.4, 0.5) is 5.95 Å². The van der Waals surface area contributed by atoms with Crippen molar-refractivity contribution in [2.45, 2.75) is 0 Å². The Hall–Kier alpha value is -1.20. The molecule has 1 aromatic heterocycles. The summed E-state index contributed by atoms with van der Waals surface area (Å²) in [7, 11) is 3.68. The number of methoxy groups -OCH3 is 1. The van der Waals surface area contributed by atoms with Crippen molar-refractivity contribution in [3.8, 4) is 0 Å². The lowest BCUT2D eigenvalue weighted by Crippen LogP contribution is -2.31. The van der Waals surface area contributed by atoms with Crippen LogP contribution in [0.3, 0.4) is 0 Å². The van der Waals surface area contributed by atoms with Crippen molar-refractivity contribution in [2.24, 2.45) is 0 Å². The van der Waals surface area contributed by atoms with Crippen molar-refractivity contribution >= 4 is 5.95 Å². The topological polar surface area (TPSA) is 50.3 Å². The van der Waals surface area contributed by atoms with E-state index >= 15 is 0 Å². The average Bonchev–Trinajstić information content (AvgIpc) is 2.30. The highest BCUT2D eigenvalue weighted by Crippen LogP contribution is 1.99. The molecule has 1 aromatic rings. The van der Waals surface area contributed by atoms with Crippen molar-refractivity contribution in [1.82, 2.24) is 15.3 Å². The van der Waals surface area contributed by atoms with Crippen LogP contribution in [0.25, 0.3) is 0 Å². The molecule has 5 heteroatoms. The van der Waals surface area contributed by atoms with Gasteiger partial charge in [-0.05, 0) is 6.07 Å². The minimum Gasteiger partial charge on any atom is -0.383 e. The second kappa shape index (κ2) is 7.14. The average molecular weight is 210 g/mol. The fraction of sp³-hybridized carbons (Fsp3) is 0.600. The summed E-state index contributed by atoms with van der Waals surface area (Å²) in [6.45, 7) is 3.40. The van der Waals surface area contributed by atoms with E-state index < -0.39 is 0 Å². The predicted molar refractivity (Wildman–Crippen MR) is 60.0 cm³/mol. The van der Waals surface area contributed by atoms with E-state index in [4.69, 9.17) is 4.74 Å². The monoisotopic (exact) mass is 210 g/mol. The predicted octanol–water partition coefficient (Wildman–Crippen LogP) is 0.149. The van der Waals surface area contributed by atoms with Crippen LogP contribution in [0.1, 0.15) is 0 Å². The summed E-state index contributed by atoms with van der Waals surface area (Å²) in [6.07, 6.45) is 3.49. The van der Waals surface area contributed by atoms with Crippen molar-refractivity contribution in [2.75, 3.05) is 45.3 Å². The van der Waals surface area contributed by atoms with E-state index in [1.807, 2.05) is 18.0 Å². The molecule has 1 heterocycles. The summed E-state index contributed by atoms with van der Waals surface area (Å²) in [5, 5.41) is 3.26. The Morgan fingerprint density at radius 3 is 2.73 bits per heavy atom. The fourth-order valence-electron chi connectivity index (χ4n) is 1.13. The number of aromatic nitrogens is 2. The van der Waals surface area contributed by atoms with Gasteiger partial charge in [-0.2, -0.15) is 0 Å². The first-order chi connectivity index (χ1) is 7.34. The van der Waals surface area contributed by atoms with Crippen molar-refractivity contribution in [3.63, 3.8) is 0 Å². The standard InChI is InChI=1S/C10H18N4O/c1-14(8-6-11-7-9-15-2)10-12-4-3-5-13-10/h3-5,11H,6-9H2,1-2H3. The molecule has 1 rings (SSSR count). The van der Waals surface area contributed by atoms with Crippen LogP contribution < -0.4 is 10.2 Å². The first kappa shape index (κ1) is 11.9. The molecule has 15 heavy (non-hydrogen) atoms. The molecular weight excluding hydrogens is 192 g/mol. The largest absolute Gasteiger partial charge is 0.383 e. The van der Waals surface area contributed by atoms with Gasteiger partial charge in [-0.3, -0.25) is 0 Å². The molecule has 5 nitrogen and oxygen atoms in total. The number of likely N-dealkylation sites (N-methyl/N-ethyl adjacent to an activating group) is 1. The fourth-order valence-corrected chi connectivity index (χ4v) is 1.13. The summed E-state index contributed by atoms with van der Waals surface area (Å²) in [4.78, 5) is 10.3. The zero-order valence-corrected chi connectivity index (χ0v) is 9.31. The van der Waals surface area contributed by atoms with Crippen molar-refractivity contribution < 1.29 is 4.74 Å². The molecule has 0 unspecified atom stereocenters. The van der Waals surface area contributed by atoms with Crippen LogP contribution in [0.15, 0.2) is 18.5 Å². The van der Waals surface area contributed by atoms with Crippen LogP contribution in [0, 0.1) is 0 Å². The quantitative estimate of drug-likeness (QED) is 0.649. The van der Waals surface area contributed by atoms with Gasteiger partial charge in [0, 0.05) is 46.2 Å². The molecule has 1 N–H and O–H groups in total. The van der Waals surface area contributed by atoms with Crippen molar-refractivity contribution in [1.29, 1.82) is 0 Å². The van der Waals surface area contributed by atoms with Gasteiger partial charge < -0.3 is 15.0 Å². The van der Waals surface area contributed by atoms with Crippen LogP contribution >= 0.6 is 0 Å². The summed E-state index contributed by atoms with van der Waals surface area (Å²) in [6, 6.07) is 1.81. The normalized spacial score (nSPS) is 10.3. The first-order valence-electron chi connectivity index (χ1n) is 5.02. The molecule has 0 spiro atoms. The van der Waals surface area contributed by atoms with Crippen LogP contribution in [0.2, 0.25) is 0 Å². The lowest BCUT2D eigenvalue weighted by molar-refractivity contribution is 0.200. The zero-order valence-electron chi connectivity index (χ0n) is 9.31. The summed E-state index contributed by atoms with van der Waals surface area (Å²) in [5.74, 6) is 0.756. The van der Waals surface area contributed by atoms with E-state index in [9.17, 15) is 0 Å². The van der Waals surface area contributed by atoms with E-state index in [0.717, 1.165) is 32.2 Å². The minimum atomic E-state index is 0.742. The van der Waals surface area contributed by atoms with Gasteiger partial charge in [0.15, 0.2) is 0 Å². The number of hydrogen-bond donors (Lipinski definition) is 1. The number of nitrogens with zero attached hydrogens (tertiary/aromatic N) is 3. The Morgan fingerprint density at radius 1 is 1.33 bits per heavy atom. The maximum absolute atomic E-state index is 4.93. The van der Waals surface area contributed by atoms with Gasteiger partial charge in [0.05, 0.1) is 6.61 Å². The SMILES string of the molecule is COCCNCCN(C)c1ncccn1. The number of rotatable bonds is 7. The molecule has 0 aliphatic carbocycles. The Bertz CT molecular complexity index is 255. The summed E-state index contributed by atoms with van der Waals surface area (Å²) in [5.41, 5.74) is 0. The number of anilines is 1. The first-order valence-corrected chi connectivity index (χ1v) is 5.02. The third kappa shape index (κ3) is 4.71. The Morgan fingerprint density at radius 2 is 2.07 bits per heavy atom. The number of hydrogen-bond acceptors (Lipinski definition) is 5. The molecule has 0 aliphatic heterocycles. The molecule has 0 amide bonds. The van der Waals surface area contributed by atoms with E-state index in [2.05, 4.69) is 15.3 Å². The lowest BCUT2D eigenvalue weighted by atomic mass is 10.5. The van der Waals surface area contributed by atoms with Crippen molar-refractivity contribution in [3.05, 3.63) is 18.5 Å². The lowest BCUT2D eigenvalue weighted by Gasteiger charge is -2.16. The van der Waals surface area contributed by atoms with Crippen LogP contribution in [-0.2, 0) is 4.74 Å². The van der Waals surface area contributed by atoms with Gasteiger partial charge >= 0.3 is 0 Å². The minimum absolute atomic E-state index is 0.742. The second-order valence-electron chi connectivity index (χ2n) is 3.21. The zero-order chi connectivity index (χ0) is 10.9. The highest BCUT2D eigenvalue weighted by atomic mass is 16.5. The number of nitrogens with one attached hydrogen (secondary N) is 1. The molecule has 0 aromatic carbocycles. The molecule has 0 aliphatic rings. The van der Waals surface area contributed by atoms with Gasteiger partial charge in [-0.15, -0.1) is 0 Å². The third-order valence-electron chi connectivity index (χ3n) is 2.00. The van der Waals surface area contributed by atoms with Gasteiger partial charge in [0.2, 0.25) is 5.95 Å². The molecule has 84 valence electrons. The number of ether oxygens (including phenoxy) is 1. The molecule has 0 radical (unpaired) electrons. The smallest absolute Gasteiger partial charge is 0.225 e. The maximum Gasteiger partial charge on any atom is 0.225 e. The van der Waals surface area contributed by atoms with E-state index in [1.165, 1.54) is 0 Å². The summed E-state index contributed by atoms with van der Waals surface area (Å²) < 4.78 is 4.93. The van der Waals surface area contributed by atoms with Gasteiger partial charge in [-0.1, -0.05) is 0 Å². The van der Waals surface area contributed by atoms with Crippen LogP contribution in [0.5, 0.6) is 0 Å². The van der Waals surface area contributed by atoms with Gasteiger partial charge in [-0.25, -0.2) is 9.97 Å². The van der Waals surface area contributed by atoms with E-state index in [0.29, 0.717) is 0 Å². The molecule has 0 saturated carbocycles. The van der Waals surface area contributed by atoms with Gasteiger partial charge in [0.25, 0.3) is 0 Å². The molecular formula is C10H18N4O. The maximum atomic E-state index is 4.93. The van der Waals surface area contributed by atoms with Crippen LogP contribution in [-0.4, -0.2) is 50.4 Å². The molecule has 0 fully saturated rings. The summed E-state index contributed by atoms with van der Waals surface area (Å²) >= 11 is 0. The highest BCUT2D eigenvalue weighted by Gasteiger charge is 2.00.